The highest BCUT2D eigenvalue weighted by Gasteiger charge is 1.98. The third kappa shape index (κ3) is 23.6. The molecule has 0 aromatic rings. The molecule has 0 amide bonds. The average molecular weight is 236 g/mol. The maximum Gasteiger partial charge on any atom is -0.00110 e. The zero-order valence-corrected chi connectivity index (χ0v) is 8.82. The van der Waals surface area contributed by atoms with E-state index in [9.17, 15) is 0 Å². The van der Waals surface area contributed by atoms with E-state index in [-0.39, 0.29) is 29.7 Å². The molecule has 0 aromatic heterocycles. The number of nitrogens with one attached hydrogen (secondary N) is 2. The number of hydrogen-bond acceptors (Lipinski definition) is 2. The van der Waals surface area contributed by atoms with Crippen molar-refractivity contribution in [3.8, 4) is 0 Å². The first-order valence-corrected chi connectivity index (χ1v) is 5.22. The van der Waals surface area contributed by atoms with Crippen molar-refractivity contribution < 1.29 is 0 Å². The average Bonchev–Trinajstić information content (AvgIpc) is 2.06. The van der Waals surface area contributed by atoms with Crippen LogP contribution in [0.2, 0.25) is 0 Å². The molecule has 2 N–H and O–H groups in total. The summed E-state index contributed by atoms with van der Waals surface area (Å²) in [6.07, 6.45) is 2.46. The van der Waals surface area contributed by atoms with E-state index < -0.39 is 0 Å². The van der Waals surface area contributed by atoms with Crippen LogP contribution in [-0.4, -0.2) is 26.2 Å². The van der Waals surface area contributed by atoms with Crippen LogP contribution >= 0.6 is 0 Å². The Morgan fingerprint density at radius 3 is 1.31 bits per heavy atom. The Kier molecular flexibility index (Phi) is 45.0. The standard InChI is InChI=1S/C10H24N2.4CH4/c1-4-6-11-8-10(3)9-12-7-5-2;;;;/h10-12H,4-9H2,1-3H3;4*1H4. The molecule has 0 rings (SSSR count). The summed E-state index contributed by atoms with van der Waals surface area (Å²) in [6, 6.07) is 0. The lowest BCUT2D eigenvalue weighted by molar-refractivity contribution is 0.473. The summed E-state index contributed by atoms with van der Waals surface area (Å²) in [5.74, 6) is 0.753. The van der Waals surface area contributed by atoms with Gasteiger partial charge in [-0.05, 0) is 44.9 Å². The largest absolute Gasteiger partial charge is 0.316 e. The molecule has 0 fully saturated rings. The van der Waals surface area contributed by atoms with Crippen molar-refractivity contribution in [1.82, 2.24) is 10.6 Å². The zero-order valence-electron chi connectivity index (χ0n) is 8.82. The quantitative estimate of drug-likeness (QED) is 0.618. The van der Waals surface area contributed by atoms with Gasteiger partial charge in [-0.1, -0.05) is 50.5 Å². The molecule has 2 heteroatoms. The maximum atomic E-state index is 3.42. The van der Waals surface area contributed by atoms with Crippen LogP contribution in [0.5, 0.6) is 0 Å². The summed E-state index contributed by atoms with van der Waals surface area (Å²) in [7, 11) is 0. The highest BCUT2D eigenvalue weighted by atomic mass is 14.9. The predicted molar refractivity (Wildman–Crippen MR) is 82.4 cm³/mol. The van der Waals surface area contributed by atoms with Gasteiger partial charge in [0.15, 0.2) is 0 Å². The summed E-state index contributed by atoms with van der Waals surface area (Å²) >= 11 is 0. The van der Waals surface area contributed by atoms with Gasteiger partial charge in [0.1, 0.15) is 0 Å². The van der Waals surface area contributed by atoms with Crippen molar-refractivity contribution in [2.45, 2.75) is 63.3 Å². The molecule has 0 saturated carbocycles. The van der Waals surface area contributed by atoms with E-state index in [4.69, 9.17) is 0 Å². The Hall–Kier alpha value is -0.0800. The van der Waals surface area contributed by atoms with Crippen molar-refractivity contribution in [2.24, 2.45) is 5.92 Å². The fourth-order valence-corrected chi connectivity index (χ4v) is 1.12. The Labute approximate surface area is 107 Å². The molecule has 0 spiro atoms. The maximum absolute atomic E-state index is 3.42. The first-order chi connectivity index (χ1) is 5.81. The van der Waals surface area contributed by atoms with Gasteiger partial charge in [0, 0.05) is 0 Å². The molecular weight excluding hydrogens is 196 g/mol. The lowest BCUT2D eigenvalue weighted by Gasteiger charge is -2.12. The minimum Gasteiger partial charge on any atom is -0.316 e. The summed E-state index contributed by atoms with van der Waals surface area (Å²) < 4.78 is 0. The molecule has 0 heterocycles. The Bertz CT molecular complexity index is 74.8. The van der Waals surface area contributed by atoms with Crippen LogP contribution in [0.15, 0.2) is 0 Å². The second-order valence-electron chi connectivity index (χ2n) is 3.51. The topological polar surface area (TPSA) is 24.1 Å². The molecule has 0 bridgehead atoms. The number of hydrogen-bond donors (Lipinski definition) is 2. The van der Waals surface area contributed by atoms with Gasteiger partial charge >= 0.3 is 0 Å². The van der Waals surface area contributed by atoms with E-state index in [1.165, 1.54) is 12.8 Å². The normalized spacial score (nSPS) is 8.25. The molecule has 0 aliphatic rings. The van der Waals surface area contributed by atoms with E-state index in [1.807, 2.05) is 0 Å². The first-order valence-electron chi connectivity index (χ1n) is 5.22. The van der Waals surface area contributed by atoms with Gasteiger partial charge in [0.25, 0.3) is 0 Å². The predicted octanol–water partition coefficient (Wildman–Crippen LogP) is 4.17. The summed E-state index contributed by atoms with van der Waals surface area (Å²) in [5, 5.41) is 6.84. The van der Waals surface area contributed by atoms with Crippen LogP contribution in [0.1, 0.15) is 63.3 Å². The van der Waals surface area contributed by atoms with Gasteiger partial charge in [0.05, 0.1) is 0 Å². The smallest absolute Gasteiger partial charge is 0.00110 e. The van der Waals surface area contributed by atoms with Gasteiger partial charge in [-0.2, -0.15) is 0 Å². The minimum absolute atomic E-state index is 0. The lowest BCUT2D eigenvalue weighted by atomic mass is 10.2. The molecule has 0 aliphatic carbocycles. The van der Waals surface area contributed by atoms with Crippen LogP contribution in [0.4, 0.5) is 0 Å². The van der Waals surface area contributed by atoms with E-state index >= 15 is 0 Å². The fourth-order valence-electron chi connectivity index (χ4n) is 1.12. The van der Waals surface area contributed by atoms with Crippen molar-refractivity contribution in [2.75, 3.05) is 26.2 Å². The second-order valence-corrected chi connectivity index (χ2v) is 3.51. The Morgan fingerprint density at radius 2 is 1.06 bits per heavy atom. The molecule has 0 saturated heterocycles. The molecule has 0 atom stereocenters. The number of rotatable bonds is 8. The third-order valence-corrected chi connectivity index (χ3v) is 1.84. The zero-order chi connectivity index (χ0) is 9.23. The molecule has 106 valence electrons. The van der Waals surface area contributed by atoms with Crippen LogP contribution in [-0.2, 0) is 0 Å². The third-order valence-electron chi connectivity index (χ3n) is 1.84. The van der Waals surface area contributed by atoms with Gasteiger partial charge in [-0.25, -0.2) is 0 Å². The van der Waals surface area contributed by atoms with Crippen LogP contribution < -0.4 is 10.6 Å². The molecule has 0 aliphatic heterocycles. The van der Waals surface area contributed by atoms with Crippen molar-refractivity contribution in [3.05, 3.63) is 0 Å². The monoisotopic (exact) mass is 236 g/mol. The van der Waals surface area contributed by atoms with Gasteiger partial charge in [-0.15, -0.1) is 0 Å². The Morgan fingerprint density at radius 1 is 0.750 bits per heavy atom. The molecule has 0 aromatic carbocycles. The van der Waals surface area contributed by atoms with Crippen molar-refractivity contribution >= 4 is 0 Å². The lowest BCUT2D eigenvalue weighted by Crippen LogP contribution is -2.30. The van der Waals surface area contributed by atoms with Gasteiger partial charge in [-0.3, -0.25) is 0 Å². The molecule has 0 unspecified atom stereocenters. The highest BCUT2D eigenvalue weighted by molar-refractivity contribution is 4.59. The summed E-state index contributed by atoms with van der Waals surface area (Å²) in [5.41, 5.74) is 0. The Balaban J connectivity index is -0.000000101. The van der Waals surface area contributed by atoms with E-state index in [1.54, 1.807) is 0 Å². The summed E-state index contributed by atoms with van der Waals surface area (Å²) in [6.45, 7) is 11.3. The van der Waals surface area contributed by atoms with E-state index in [2.05, 4.69) is 31.4 Å². The van der Waals surface area contributed by atoms with E-state index in [0.29, 0.717) is 0 Å². The van der Waals surface area contributed by atoms with Crippen LogP contribution in [0.25, 0.3) is 0 Å². The second kappa shape index (κ2) is 24.2. The molecule has 0 radical (unpaired) electrons. The molecule has 2 nitrogen and oxygen atoms in total. The highest BCUT2D eigenvalue weighted by Crippen LogP contribution is 1.89. The van der Waals surface area contributed by atoms with Crippen molar-refractivity contribution in [1.29, 1.82) is 0 Å². The SMILES string of the molecule is C.C.C.C.CCCNCC(C)CNCCC. The fraction of sp³-hybridized carbons (Fsp3) is 1.00. The minimum atomic E-state index is 0. The molecule has 16 heavy (non-hydrogen) atoms. The van der Waals surface area contributed by atoms with Crippen LogP contribution in [0.3, 0.4) is 0 Å². The molecular formula is C14H40N2. The van der Waals surface area contributed by atoms with Crippen LogP contribution in [0, 0.1) is 5.92 Å². The van der Waals surface area contributed by atoms with Crippen molar-refractivity contribution in [3.63, 3.8) is 0 Å². The van der Waals surface area contributed by atoms with Gasteiger partial charge in [0.2, 0.25) is 0 Å². The summed E-state index contributed by atoms with van der Waals surface area (Å²) in [4.78, 5) is 0. The van der Waals surface area contributed by atoms with E-state index in [0.717, 1.165) is 32.1 Å². The first kappa shape index (κ1) is 29.7. The van der Waals surface area contributed by atoms with Gasteiger partial charge < -0.3 is 10.6 Å².